The van der Waals surface area contributed by atoms with Gasteiger partial charge >= 0.3 is 0 Å². The number of amides is 1. The highest BCUT2D eigenvalue weighted by Gasteiger charge is 2.49. The fraction of sp³-hybridized carbons (Fsp3) is 0.435. The van der Waals surface area contributed by atoms with E-state index in [1.165, 1.54) is 25.1 Å². The van der Waals surface area contributed by atoms with Gasteiger partial charge in [-0.05, 0) is 35.9 Å². The van der Waals surface area contributed by atoms with E-state index in [-0.39, 0.29) is 37.1 Å². The number of β-amino-alcohol motifs (C(OH)–C–C–N with tert-alkyl or cyclic N) is 1. The molecule has 9 heteroatoms. The third-order valence-corrected chi connectivity index (χ3v) is 6.08. The van der Waals surface area contributed by atoms with Crippen molar-refractivity contribution in [1.29, 1.82) is 0 Å². The number of carbonyl (C=O) groups is 1. The molecule has 2 heterocycles. The Morgan fingerprint density at radius 1 is 1.41 bits per heavy atom. The SMILES string of the molecule is CC(=O)Nc1ccc(O)cc1OC[C@H](O)CN1CCC2(Cc3cc(Cl)ccc3O2)C(F)C1. The molecule has 3 N–H and O–H groups in total. The molecule has 1 saturated heterocycles. The molecule has 3 atom stereocenters. The first kappa shape index (κ1) is 22.6. The van der Waals surface area contributed by atoms with Crippen LogP contribution in [0.3, 0.4) is 0 Å². The number of aromatic hydroxyl groups is 1. The van der Waals surface area contributed by atoms with Gasteiger partial charge in [0.2, 0.25) is 5.91 Å². The van der Waals surface area contributed by atoms with E-state index in [1.54, 1.807) is 12.1 Å². The molecular formula is C23H26ClFN2O5. The number of carbonyl (C=O) groups excluding carboxylic acids is 1. The number of ether oxygens (including phenoxy) is 2. The number of aliphatic hydroxyl groups excluding tert-OH is 1. The first-order valence-corrected chi connectivity index (χ1v) is 10.9. The van der Waals surface area contributed by atoms with Crippen LogP contribution in [-0.4, -0.2) is 65.1 Å². The summed E-state index contributed by atoms with van der Waals surface area (Å²) in [4.78, 5) is 13.2. The molecule has 2 aliphatic rings. The Labute approximate surface area is 190 Å². The Morgan fingerprint density at radius 3 is 2.97 bits per heavy atom. The Balaban J connectivity index is 1.31. The van der Waals surface area contributed by atoms with Crippen LogP contribution in [0, 0.1) is 0 Å². The zero-order valence-electron chi connectivity index (χ0n) is 17.7. The molecule has 2 unspecified atom stereocenters. The number of halogens is 2. The van der Waals surface area contributed by atoms with Crippen molar-refractivity contribution in [3.63, 3.8) is 0 Å². The van der Waals surface area contributed by atoms with Gasteiger partial charge in [-0.3, -0.25) is 9.69 Å². The summed E-state index contributed by atoms with van der Waals surface area (Å²) in [5.41, 5.74) is 0.423. The standard InChI is InChI=1S/C23H26ClFN2O5/c1-14(28)26-19-4-3-17(29)9-21(19)31-13-18(30)11-27-7-6-23(22(25)12-27)10-15-8-16(24)2-5-20(15)32-23/h2-5,8-9,18,22,29-30H,6-7,10-13H2,1H3,(H,26,28)/t18-,22?,23?/m1/s1. The minimum atomic E-state index is -1.21. The predicted octanol–water partition coefficient (Wildman–Crippen LogP) is 3.16. The van der Waals surface area contributed by atoms with Crippen molar-refractivity contribution in [3.8, 4) is 17.2 Å². The summed E-state index contributed by atoms with van der Waals surface area (Å²) in [5.74, 6) is 0.621. The second-order valence-electron chi connectivity index (χ2n) is 8.40. The average molecular weight is 465 g/mol. The van der Waals surface area contributed by atoms with Crippen LogP contribution in [0.15, 0.2) is 36.4 Å². The lowest BCUT2D eigenvalue weighted by Gasteiger charge is -2.41. The van der Waals surface area contributed by atoms with Gasteiger partial charge in [0.25, 0.3) is 0 Å². The number of nitrogens with one attached hydrogen (secondary N) is 1. The Kier molecular flexibility index (Phi) is 6.46. The number of alkyl halides is 1. The zero-order chi connectivity index (χ0) is 22.9. The topological polar surface area (TPSA) is 91.3 Å². The van der Waals surface area contributed by atoms with E-state index in [1.807, 2.05) is 11.0 Å². The lowest BCUT2D eigenvalue weighted by molar-refractivity contribution is -0.114. The van der Waals surface area contributed by atoms with Crippen molar-refractivity contribution in [2.24, 2.45) is 0 Å². The molecular weight excluding hydrogens is 439 g/mol. The smallest absolute Gasteiger partial charge is 0.221 e. The zero-order valence-corrected chi connectivity index (χ0v) is 18.4. The lowest BCUT2D eigenvalue weighted by Crippen LogP contribution is -2.57. The van der Waals surface area contributed by atoms with Crippen molar-refractivity contribution in [2.75, 3.05) is 31.6 Å². The molecule has 1 spiro atoms. The van der Waals surface area contributed by atoms with Crippen molar-refractivity contribution >= 4 is 23.2 Å². The first-order valence-electron chi connectivity index (χ1n) is 10.5. The number of aliphatic hydroxyl groups is 1. The normalized spacial score (nSPS) is 23.4. The molecule has 0 radical (unpaired) electrons. The summed E-state index contributed by atoms with van der Waals surface area (Å²) in [6, 6.07) is 9.65. The second kappa shape index (κ2) is 9.13. The molecule has 2 aliphatic heterocycles. The Hall–Kier alpha value is -2.55. The number of phenols is 1. The maximum atomic E-state index is 15.2. The molecule has 0 aliphatic carbocycles. The first-order chi connectivity index (χ1) is 15.2. The summed E-state index contributed by atoms with van der Waals surface area (Å²) in [5, 5.41) is 23.3. The van der Waals surface area contributed by atoms with Crippen LogP contribution in [0.25, 0.3) is 0 Å². The van der Waals surface area contributed by atoms with Gasteiger partial charge in [-0.1, -0.05) is 11.6 Å². The number of hydrogen-bond acceptors (Lipinski definition) is 6. The number of anilines is 1. The molecule has 0 bridgehead atoms. The molecule has 32 heavy (non-hydrogen) atoms. The molecule has 0 aromatic heterocycles. The summed E-state index contributed by atoms with van der Waals surface area (Å²) in [6.07, 6.45) is -1.13. The van der Waals surface area contributed by atoms with Gasteiger partial charge in [-0.2, -0.15) is 0 Å². The summed E-state index contributed by atoms with van der Waals surface area (Å²) in [7, 11) is 0. The largest absolute Gasteiger partial charge is 0.508 e. The summed E-state index contributed by atoms with van der Waals surface area (Å²) >= 11 is 6.05. The lowest BCUT2D eigenvalue weighted by atomic mass is 9.85. The van der Waals surface area contributed by atoms with E-state index in [0.717, 1.165) is 5.56 Å². The third-order valence-electron chi connectivity index (χ3n) is 5.84. The quantitative estimate of drug-likeness (QED) is 0.569. The van der Waals surface area contributed by atoms with Crippen LogP contribution < -0.4 is 14.8 Å². The minimum Gasteiger partial charge on any atom is -0.508 e. The fourth-order valence-corrected chi connectivity index (χ4v) is 4.49. The molecule has 2 aromatic carbocycles. The number of rotatable bonds is 6. The van der Waals surface area contributed by atoms with Gasteiger partial charge in [0, 0.05) is 50.5 Å². The Morgan fingerprint density at radius 2 is 2.22 bits per heavy atom. The van der Waals surface area contributed by atoms with E-state index in [2.05, 4.69) is 5.32 Å². The van der Waals surface area contributed by atoms with Crippen LogP contribution in [0.4, 0.5) is 10.1 Å². The molecule has 1 fully saturated rings. The number of hydrogen-bond donors (Lipinski definition) is 3. The monoisotopic (exact) mass is 464 g/mol. The molecule has 7 nitrogen and oxygen atoms in total. The number of piperidine rings is 1. The van der Waals surface area contributed by atoms with Crippen molar-refractivity contribution < 1.29 is 28.9 Å². The number of fused-ring (bicyclic) bond motifs is 1. The van der Waals surface area contributed by atoms with Gasteiger partial charge in [0.1, 0.15) is 35.6 Å². The van der Waals surface area contributed by atoms with Gasteiger partial charge in [0.15, 0.2) is 6.17 Å². The van der Waals surface area contributed by atoms with E-state index in [4.69, 9.17) is 21.1 Å². The van der Waals surface area contributed by atoms with Crippen LogP contribution in [0.5, 0.6) is 17.2 Å². The summed E-state index contributed by atoms with van der Waals surface area (Å²) in [6.45, 7) is 2.23. The van der Waals surface area contributed by atoms with E-state index in [0.29, 0.717) is 35.8 Å². The van der Waals surface area contributed by atoms with E-state index < -0.39 is 17.9 Å². The highest BCUT2D eigenvalue weighted by molar-refractivity contribution is 6.30. The number of phenolic OH excluding ortho intramolecular Hbond substituents is 1. The van der Waals surface area contributed by atoms with Crippen LogP contribution >= 0.6 is 11.6 Å². The number of benzene rings is 2. The van der Waals surface area contributed by atoms with Crippen LogP contribution in [0.2, 0.25) is 5.02 Å². The van der Waals surface area contributed by atoms with Crippen LogP contribution in [0.1, 0.15) is 18.9 Å². The van der Waals surface area contributed by atoms with Crippen molar-refractivity contribution in [1.82, 2.24) is 4.90 Å². The highest BCUT2D eigenvalue weighted by atomic mass is 35.5. The molecule has 0 saturated carbocycles. The average Bonchev–Trinajstić information content (AvgIpc) is 3.09. The van der Waals surface area contributed by atoms with Crippen molar-refractivity contribution in [3.05, 3.63) is 47.0 Å². The molecule has 172 valence electrons. The molecule has 1 amide bonds. The van der Waals surface area contributed by atoms with Crippen LogP contribution in [-0.2, 0) is 11.2 Å². The minimum absolute atomic E-state index is 0.0240. The van der Waals surface area contributed by atoms with E-state index in [9.17, 15) is 15.0 Å². The second-order valence-corrected chi connectivity index (χ2v) is 8.84. The maximum absolute atomic E-state index is 15.2. The van der Waals surface area contributed by atoms with Gasteiger partial charge in [-0.25, -0.2) is 4.39 Å². The third kappa shape index (κ3) is 4.92. The molecule has 2 aromatic rings. The van der Waals surface area contributed by atoms with E-state index >= 15 is 4.39 Å². The predicted molar refractivity (Wildman–Crippen MR) is 118 cm³/mol. The van der Waals surface area contributed by atoms with Gasteiger partial charge < -0.3 is 25.0 Å². The van der Waals surface area contributed by atoms with Gasteiger partial charge in [0.05, 0.1) is 5.69 Å². The summed E-state index contributed by atoms with van der Waals surface area (Å²) < 4.78 is 26.8. The van der Waals surface area contributed by atoms with Crippen molar-refractivity contribution in [2.45, 2.75) is 37.6 Å². The fourth-order valence-electron chi connectivity index (χ4n) is 4.29. The molecule has 4 rings (SSSR count). The number of nitrogens with zero attached hydrogens (tertiary/aromatic N) is 1. The number of likely N-dealkylation sites (tertiary alicyclic amines) is 1. The highest BCUT2D eigenvalue weighted by Crippen LogP contribution is 2.43. The Bertz CT molecular complexity index is 1010. The van der Waals surface area contributed by atoms with Gasteiger partial charge in [-0.15, -0.1) is 0 Å². The maximum Gasteiger partial charge on any atom is 0.221 e.